The van der Waals surface area contributed by atoms with Crippen LogP contribution < -0.4 is 16.1 Å². The van der Waals surface area contributed by atoms with Gasteiger partial charge in [0.1, 0.15) is 5.82 Å². The minimum Gasteiger partial charge on any atom is -0.308 e. The Labute approximate surface area is 173 Å². The first-order chi connectivity index (χ1) is 14.6. The third-order valence-electron chi connectivity index (χ3n) is 3.94. The summed E-state index contributed by atoms with van der Waals surface area (Å²) >= 11 is 0. The number of nitrogens with one attached hydrogen (secondary N) is 3. The van der Waals surface area contributed by atoms with E-state index in [2.05, 4.69) is 21.2 Å². The van der Waals surface area contributed by atoms with Gasteiger partial charge in [0.25, 0.3) is 5.91 Å². The van der Waals surface area contributed by atoms with Gasteiger partial charge in [-0.05, 0) is 48.0 Å². The SMILES string of the molecule is O=C(Nc1ccc(C(=O)NN=CC=Cc2ccccc2)cc1)Nc1ccccc1F. The molecule has 6 nitrogen and oxygen atoms in total. The molecule has 3 rings (SSSR count). The molecule has 0 bridgehead atoms. The summed E-state index contributed by atoms with van der Waals surface area (Å²) in [6.45, 7) is 0. The molecule has 0 aliphatic rings. The van der Waals surface area contributed by atoms with Crippen molar-refractivity contribution < 1.29 is 14.0 Å². The van der Waals surface area contributed by atoms with Crippen molar-refractivity contribution in [2.24, 2.45) is 5.10 Å². The van der Waals surface area contributed by atoms with Gasteiger partial charge >= 0.3 is 6.03 Å². The molecule has 0 aliphatic heterocycles. The van der Waals surface area contributed by atoms with E-state index in [1.807, 2.05) is 36.4 Å². The number of hydrogen-bond donors (Lipinski definition) is 3. The standard InChI is InChI=1S/C23H19FN4O2/c24-20-10-4-5-11-21(20)27-23(30)26-19-14-12-18(13-15-19)22(29)28-25-16-6-9-17-7-2-1-3-8-17/h1-16H,(H,28,29)(H2,26,27,30). The van der Waals surface area contributed by atoms with E-state index < -0.39 is 11.8 Å². The number of halogens is 1. The van der Waals surface area contributed by atoms with Gasteiger partial charge in [-0.3, -0.25) is 4.79 Å². The minimum atomic E-state index is -0.591. The van der Waals surface area contributed by atoms with Crippen molar-refractivity contribution in [1.82, 2.24) is 5.43 Å². The Morgan fingerprint density at radius 3 is 2.27 bits per heavy atom. The summed E-state index contributed by atoms with van der Waals surface area (Å²) < 4.78 is 13.6. The molecular formula is C23H19FN4O2. The van der Waals surface area contributed by atoms with Crippen molar-refractivity contribution in [2.45, 2.75) is 0 Å². The summed E-state index contributed by atoms with van der Waals surface area (Å²) in [5.74, 6) is -0.916. The van der Waals surface area contributed by atoms with E-state index in [0.29, 0.717) is 11.3 Å². The summed E-state index contributed by atoms with van der Waals surface area (Å²) in [6.07, 6.45) is 5.06. The Morgan fingerprint density at radius 2 is 1.53 bits per heavy atom. The van der Waals surface area contributed by atoms with E-state index in [4.69, 9.17) is 0 Å². The highest BCUT2D eigenvalue weighted by atomic mass is 19.1. The first-order valence-electron chi connectivity index (χ1n) is 9.09. The predicted molar refractivity (Wildman–Crippen MR) is 117 cm³/mol. The average Bonchev–Trinajstić information content (AvgIpc) is 2.76. The van der Waals surface area contributed by atoms with Crippen LogP contribution in [0.3, 0.4) is 0 Å². The van der Waals surface area contributed by atoms with Crippen LogP contribution in [0.5, 0.6) is 0 Å². The van der Waals surface area contributed by atoms with Gasteiger partial charge in [0.2, 0.25) is 0 Å². The second-order valence-corrected chi connectivity index (χ2v) is 6.13. The maximum absolute atomic E-state index is 13.6. The largest absolute Gasteiger partial charge is 0.323 e. The van der Waals surface area contributed by atoms with E-state index >= 15 is 0 Å². The normalized spacial score (nSPS) is 10.8. The van der Waals surface area contributed by atoms with Crippen LogP contribution in [0.25, 0.3) is 6.08 Å². The number of amides is 3. The number of urea groups is 1. The maximum Gasteiger partial charge on any atom is 0.323 e. The molecule has 0 aromatic heterocycles. The van der Waals surface area contributed by atoms with Crippen LogP contribution in [0.4, 0.5) is 20.6 Å². The lowest BCUT2D eigenvalue weighted by Crippen LogP contribution is -2.20. The molecule has 3 amide bonds. The molecular weight excluding hydrogens is 383 g/mol. The van der Waals surface area contributed by atoms with Gasteiger partial charge in [-0.25, -0.2) is 14.6 Å². The highest BCUT2D eigenvalue weighted by molar-refractivity contribution is 6.00. The first kappa shape index (κ1) is 20.5. The minimum absolute atomic E-state index is 0.0742. The summed E-state index contributed by atoms with van der Waals surface area (Å²) in [6, 6.07) is 21.2. The third-order valence-corrected chi connectivity index (χ3v) is 3.94. The van der Waals surface area contributed by atoms with Crippen molar-refractivity contribution in [2.75, 3.05) is 10.6 Å². The van der Waals surface area contributed by atoms with Gasteiger partial charge in [-0.15, -0.1) is 0 Å². The molecule has 0 fully saturated rings. The van der Waals surface area contributed by atoms with Crippen molar-refractivity contribution >= 4 is 35.6 Å². The van der Waals surface area contributed by atoms with Crippen LogP contribution in [0.1, 0.15) is 15.9 Å². The van der Waals surface area contributed by atoms with Gasteiger partial charge in [0.15, 0.2) is 0 Å². The van der Waals surface area contributed by atoms with Crippen molar-refractivity contribution in [3.63, 3.8) is 0 Å². The molecule has 0 heterocycles. The fraction of sp³-hybridized carbons (Fsp3) is 0. The van der Waals surface area contributed by atoms with Gasteiger partial charge in [-0.1, -0.05) is 48.5 Å². The van der Waals surface area contributed by atoms with Crippen molar-refractivity contribution in [1.29, 1.82) is 0 Å². The monoisotopic (exact) mass is 402 g/mol. The summed E-state index contributed by atoms with van der Waals surface area (Å²) in [7, 11) is 0. The molecule has 3 aromatic rings. The Morgan fingerprint density at radius 1 is 0.833 bits per heavy atom. The van der Waals surface area contributed by atoms with Crippen LogP contribution in [0.2, 0.25) is 0 Å². The van der Waals surface area contributed by atoms with Crippen LogP contribution in [-0.4, -0.2) is 18.2 Å². The first-order valence-corrected chi connectivity index (χ1v) is 9.09. The Bertz CT molecular complexity index is 1060. The fourth-order valence-corrected chi connectivity index (χ4v) is 2.47. The van der Waals surface area contributed by atoms with E-state index in [1.54, 1.807) is 36.4 Å². The zero-order valence-corrected chi connectivity index (χ0v) is 15.9. The molecule has 0 saturated heterocycles. The summed E-state index contributed by atoms with van der Waals surface area (Å²) in [5, 5.41) is 8.85. The number of hydrogen-bond acceptors (Lipinski definition) is 3. The quantitative estimate of drug-likeness (QED) is 0.405. The highest BCUT2D eigenvalue weighted by Gasteiger charge is 2.08. The number of para-hydroxylation sites is 1. The molecule has 7 heteroatoms. The van der Waals surface area contributed by atoms with Crippen LogP contribution in [0, 0.1) is 5.82 Å². The number of anilines is 2. The molecule has 0 unspecified atom stereocenters. The lowest BCUT2D eigenvalue weighted by molar-refractivity contribution is 0.0955. The van der Waals surface area contributed by atoms with E-state index in [9.17, 15) is 14.0 Å². The maximum atomic E-state index is 13.6. The number of benzene rings is 3. The van der Waals surface area contributed by atoms with Crippen LogP contribution in [-0.2, 0) is 0 Å². The number of rotatable bonds is 6. The highest BCUT2D eigenvalue weighted by Crippen LogP contribution is 2.14. The van der Waals surface area contributed by atoms with Gasteiger partial charge in [0, 0.05) is 17.5 Å². The number of carbonyl (C=O) groups excluding carboxylic acids is 2. The average molecular weight is 402 g/mol. The number of carbonyl (C=O) groups is 2. The van der Waals surface area contributed by atoms with Crippen molar-refractivity contribution in [3.8, 4) is 0 Å². The molecule has 3 N–H and O–H groups in total. The molecule has 30 heavy (non-hydrogen) atoms. The third kappa shape index (κ3) is 6.13. The Hall–Kier alpha value is -4.26. The Balaban J connectivity index is 1.49. The smallest absolute Gasteiger partial charge is 0.308 e. The second-order valence-electron chi connectivity index (χ2n) is 6.13. The predicted octanol–water partition coefficient (Wildman–Crippen LogP) is 4.90. The van der Waals surface area contributed by atoms with E-state index in [-0.39, 0.29) is 11.6 Å². The zero-order chi connectivity index (χ0) is 21.2. The molecule has 0 atom stereocenters. The van der Waals surface area contributed by atoms with E-state index in [1.165, 1.54) is 24.4 Å². The summed E-state index contributed by atoms with van der Waals surface area (Å²) in [4.78, 5) is 24.1. The second kappa shape index (κ2) is 10.3. The number of nitrogens with zero attached hydrogens (tertiary/aromatic N) is 1. The van der Waals surface area contributed by atoms with Gasteiger partial charge in [0.05, 0.1) is 5.69 Å². The van der Waals surface area contributed by atoms with Crippen LogP contribution >= 0.6 is 0 Å². The molecule has 3 aromatic carbocycles. The number of hydrazone groups is 1. The van der Waals surface area contributed by atoms with Gasteiger partial charge in [-0.2, -0.15) is 5.10 Å². The Kier molecular flexibility index (Phi) is 7.05. The molecule has 0 saturated carbocycles. The van der Waals surface area contributed by atoms with Crippen molar-refractivity contribution in [3.05, 3.63) is 102 Å². The molecule has 0 aliphatic carbocycles. The van der Waals surface area contributed by atoms with E-state index in [0.717, 1.165) is 5.56 Å². The fourth-order valence-electron chi connectivity index (χ4n) is 2.47. The lowest BCUT2D eigenvalue weighted by Gasteiger charge is -2.08. The number of allylic oxidation sites excluding steroid dienone is 1. The molecule has 0 radical (unpaired) electrons. The molecule has 0 spiro atoms. The zero-order valence-electron chi connectivity index (χ0n) is 15.9. The lowest BCUT2D eigenvalue weighted by atomic mass is 10.2. The molecule has 150 valence electrons. The van der Waals surface area contributed by atoms with Gasteiger partial charge < -0.3 is 10.6 Å². The van der Waals surface area contributed by atoms with Crippen LogP contribution in [0.15, 0.2) is 90.0 Å². The summed E-state index contributed by atoms with van der Waals surface area (Å²) in [5.41, 5.74) is 4.35. The topological polar surface area (TPSA) is 82.6 Å².